The van der Waals surface area contributed by atoms with Crippen LogP contribution in [0.5, 0.6) is 5.88 Å². The first-order valence-corrected chi connectivity index (χ1v) is 8.26. The standard InChI is InChI=1S/C17H23N5O3/c1-20(12-14-4-3-11-25-14)16(23)13-21-7-9-22(10-8-21)17-18-6-5-15(19-17)24-2/h3-6,11H,7-10,12-13H2,1-2H3. The molecule has 2 aromatic rings. The summed E-state index contributed by atoms with van der Waals surface area (Å²) in [6.45, 7) is 4.04. The smallest absolute Gasteiger partial charge is 0.236 e. The van der Waals surface area contributed by atoms with Gasteiger partial charge in [-0.25, -0.2) is 4.98 Å². The molecule has 2 aromatic heterocycles. The first kappa shape index (κ1) is 17.2. The van der Waals surface area contributed by atoms with Crippen molar-refractivity contribution in [1.29, 1.82) is 0 Å². The van der Waals surface area contributed by atoms with E-state index in [9.17, 15) is 4.79 Å². The highest BCUT2D eigenvalue weighted by molar-refractivity contribution is 5.78. The number of carbonyl (C=O) groups is 1. The molecular formula is C17H23N5O3. The molecule has 0 saturated carbocycles. The zero-order chi connectivity index (χ0) is 17.6. The van der Waals surface area contributed by atoms with Gasteiger partial charge in [-0.05, 0) is 12.1 Å². The molecule has 0 unspecified atom stereocenters. The van der Waals surface area contributed by atoms with Crippen LogP contribution in [0.4, 0.5) is 5.95 Å². The highest BCUT2D eigenvalue weighted by Crippen LogP contribution is 2.14. The fourth-order valence-corrected chi connectivity index (χ4v) is 2.74. The summed E-state index contributed by atoms with van der Waals surface area (Å²) in [4.78, 5) is 27.0. The maximum atomic E-state index is 12.4. The fourth-order valence-electron chi connectivity index (χ4n) is 2.74. The Labute approximate surface area is 147 Å². The number of furan rings is 1. The van der Waals surface area contributed by atoms with Gasteiger partial charge in [0, 0.05) is 45.5 Å². The lowest BCUT2D eigenvalue weighted by atomic mass is 10.3. The maximum absolute atomic E-state index is 12.4. The van der Waals surface area contributed by atoms with Gasteiger partial charge in [-0.1, -0.05) is 0 Å². The summed E-state index contributed by atoms with van der Waals surface area (Å²) in [6.07, 6.45) is 3.31. The highest BCUT2D eigenvalue weighted by Gasteiger charge is 2.22. The number of hydrogen-bond donors (Lipinski definition) is 0. The van der Waals surface area contributed by atoms with Crippen molar-refractivity contribution in [3.05, 3.63) is 36.4 Å². The van der Waals surface area contributed by atoms with Gasteiger partial charge in [0.2, 0.25) is 17.7 Å². The van der Waals surface area contributed by atoms with Crippen molar-refractivity contribution in [2.45, 2.75) is 6.54 Å². The molecule has 1 saturated heterocycles. The van der Waals surface area contributed by atoms with Gasteiger partial charge in [0.05, 0.1) is 26.5 Å². The molecule has 1 amide bonds. The second-order valence-corrected chi connectivity index (χ2v) is 5.99. The predicted molar refractivity (Wildman–Crippen MR) is 92.4 cm³/mol. The quantitative estimate of drug-likeness (QED) is 0.768. The molecule has 0 aromatic carbocycles. The van der Waals surface area contributed by atoms with Crippen molar-refractivity contribution < 1.29 is 13.9 Å². The van der Waals surface area contributed by atoms with E-state index in [1.807, 2.05) is 12.1 Å². The largest absolute Gasteiger partial charge is 0.481 e. The maximum Gasteiger partial charge on any atom is 0.236 e. The van der Waals surface area contributed by atoms with E-state index < -0.39 is 0 Å². The molecular weight excluding hydrogens is 322 g/mol. The lowest BCUT2D eigenvalue weighted by Gasteiger charge is -2.34. The van der Waals surface area contributed by atoms with Crippen LogP contribution in [-0.4, -0.2) is 72.6 Å². The van der Waals surface area contributed by atoms with Gasteiger partial charge in [0.1, 0.15) is 5.76 Å². The monoisotopic (exact) mass is 345 g/mol. The molecule has 0 radical (unpaired) electrons. The predicted octanol–water partition coefficient (Wildman–Crippen LogP) is 0.859. The molecule has 1 aliphatic heterocycles. The average Bonchev–Trinajstić information content (AvgIpc) is 3.15. The molecule has 3 rings (SSSR count). The molecule has 25 heavy (non-hydrogen) atoms. The van der Waals surface area contributed by atoms with Gasteiger partial charge in [-0.15, -0.1) is 0 Å². The molecule has 1 fully saturated rings. The van der Waals surface area contributed by atoms with E-state index in [1.54, 1.807) is 37.6 Å². The van der Waals surface area contributed by atoms with Gasteiger partial charge in [-0.3, -0.25) is 9.69 Å². The Balaban J connectivity index is 1.47. The van der Waals surface area contributed by atoms with Gasteiger partial charge < -0.3 is 19.0 Å². The highest BCUT2D eigenvalue weighted by atomic mass is 16.5. The van der Waals surface area contributed by atoms with Gasteiger partial charge in [-0.2, -0.15) is 4.98 Å². The van der Waals surface area contributed by atoms with E-state index in [2.05, 4.69) is 19.8 Å². The number of amides is 1. The zero-order valence-corrected chi connectivity index (χ0v) is 14.6. The molecule has 8 nitrogen and oxygen atoms in total. The normalized spacial score (nSPS) is 15.2. The van der Waals surface area contributed by atoms with Crippen molar-refractivity contribution >= 4 is 11.9 Å². The van der Waals surface area contributed by atoms with Gasteiger partial charge in [0.15, 0.2) is 0 Å². The Morgan fingerprint density at radius 3 is 2.80 bits per heavy atom. The Hall–Kier alpha value is -2.61. The molecule has 0 bridgehead atoms. The van der Waals surface area contributed by atoms with Crippen LogP contribution in [0.25, 0.3) is 0 Å². The summed E-state index contributed by atoms with van der Waals surface area (Å²) >= 11 is 0. The van der Waals surface area contributed by atoms with Crippen LogP contribution in [0.15, 0.2) is 35.1 Å². The first-order valence-electron chi connectivity index (χ1n) is 8.26. The zero-order valence-electron chi connectivity index (χ0n) is 14.6. The second kappa shape index (κ2) is 7.98. The molecule has 0 N–H and O–H groups in total. The Morgan fingerprint density at radius 2 is 2.12 bits per heavy atom. The molecule has 3 heterocycles. The minimum atomic E-state index is 0.0856. The average molecular weight is 345 g/mol. The Morgan fingerprint density at radius 1 is 1.32 bits per heavy atom. The summed E-state index contributed by atoms with van der Waals surface area (Å²) in [7, 11) is 3.39. The molecule has 8 heteroatoms. The topological polar surface area (TPSA) is 74.9 Å². The second-order valence-electron chi connectivity index (χ2n) is 5.99. The molecule has 134 valence electrons. The summed E-state index contributed by atoms with van der Waals surface area (Å²) in [5.74, 6) is 2.10. The van der Waals surface area contributed by atoms with Crippen LogP contribution < -0.4 is 9.64 Å². The number of carbonyl (C=O) groups excluding carboxylic acids is 1. The van der Waals surface area contributed by atoms with Gasteiger partial charge >= 0.3 is 0 Å². The van der Waals surface area contributed by atoms with E-state index in [0.717, 1.165) is 31.9 Å². The van der Waals surface area contributed by atoms with Crippen molar-refractivity contribution in [3.8, 4) is 5.88 Å². The van der Waals surface area contributed by atoms with Crippen LogP contribution in [0.2, 0.25) is 0 Å². The van der Waals surface area contributed by atoms with Crippen molar-refractivity contribution in [2.24, 2.45) is 0 Å². The molecule has 0 aliphatic carbocycles. The minimum absolute atomic E-state index is 0.0856. The van der Waals surface area contributed by atoms with E-state index in [4.69, 9.17) is 9.15 Å². The van der Waals surface area contributed by atoms with E-state index >= 15 is 0 Å². The molecule has 0 spiro atoms. The SMILES string of the molecule is COc1ccnc(N2CCN(CC(=O)N(C)Cc3ccco3)CC2)n1. The minimum Gasteiger partial charge on any atom is -0.481 e. The summed E-state index contributed by atoms with van der Waals surface area (Å²) < 4.78 is 10.4. The first-order chi connectivity index (χ1) is 12.2. The summed E-state index contributed by atoms with van der Waals surface area (Å²) in [5, 5.41) is 0. The van der Waals surface area contributed by atoms with Crippen LogP contribution >= 0.6 is 0 Å². The van der Waals surface area contributed by atoms with Crippen LogP contribution in [0, 0.1) is 0 Å². The Kier molecular flexibility index (Phi) is 5.49. The number of methoxy groups -OCH3 is 1. The number of rotatable bonds is 6. The lowest BCUT2D eigenvalue weighted by molar-refractivity contribution is -0.131. The number of ether oxygens (including phenoxy) is 1. The molecule has 0 atom stereocenters. The van der Waals surface area contributed by atoms with E-state index in [0.29, 0.717) is 24.9 Å². The molecule has 1 aliphatic rings. The number of piperazine rings is 1. The Bertz CT molecular complexity index is 683. The van der Waals surface area contributed by atoms with Gasteiger partial charge in [0.25, 0.3) is 0 Å². The van der Waals surface area contributed by atoms with Crippen LogP contribution in [0.3, 0.4) is 0 Å². The van der Waals surface area contributed by atoms with Crippen molar-refractivity contribution in [3.63, 3.8) is 0 Å². The number of aromatic nitrogens is 2. The van der Waals surface area contributed by atoms with Crippen LogP contribution in [-0.2, 0) is 11.3 Å². The summed E-state index contributed by atoms with van der Waals surface area (Å²) in [6, 6.07) is 5.43. The van der Waals surface area contributed by atoms with Crippen LogP contribution in [0.1, 0.15) is 5.76 Å². The lowest BCUT2D eigenvalue weighted by Crippen LogP contribution is -2.50. The van der Waals surface area contributed by atoms with Crippen molar-refractivity contribution in [2.75, 3.05) is 51.8 Å². The van der Waals surface area contributed by atoms with E-state index in [-0.39, 0.29) is 5.91 Å². The summed E-state index contributed by atoms with van der Waals surface area (Å²) in [5.41, 5.74) is 0. The number of hydrogen-bond acceptors (Lipinski definition) is 7. The fraction of sp³-hybridized carbons (Fsp3) is 0.471. The van der Waals surface area contributed by atoms with Crippen molar-refractivity contribution in [1.82, 2.24) is 19.8 Å². The third kappa shape index (κ3) is 4.48. The number of likely N-dealkylation sites (N-methyl/N-ethyl adjacent to an activating group) is 1. The number of nitrogens with zero attached hydrogens (tertiary/aromatic N) is 5. The third-order valence-corrected chi connectivity index (χ3v) is 4.24. The third-order valence-electron chi connectivity index (χ3n) is 4.24. The van der Waals surface area contributed by atoms with E-state index in [1.165, 1.54) is 0 Å². The number of anilines is 1.